The molecule has 0 aromatic heterocycles. The number of halogens is 1. The Bertz CT molecular complexity index is 45.7. The number of ether oxygens (including phenoxy) is 2. The van der Waals surface area contributed by atoms with E-state index in [0.29, 0.717) is 6.61 Å². The Hall–Kier alpha value is -0.150. The predicted octanol–water partition coefficient (Wildman–Crippen LogP) is 0.617. The summed E-state index contributed by atoms with van der Waals surface area (Å²) in [5.41, 5.74) is 0. The lowest BCUT2D eigenvalue weighted by molar-refractivity contribution is 0.0141. The Morgan fingerprint density at radius 2 is 2.12 bits per heavy atom. The average molecular weight is 122 g/mol. The molecule has 0 saturated heterocycles. The molecule has 0 aliphatic rings. The van der Waals surface area contributed by atoms with E-state index in [0.717, 1.165) is 0 Å². The number of methoxy groups -OCH3 is 2. The minimum Gasteiger partial charge on any atom is -0.382 e. The molecular formula is C5H11FO2. The maximum atomic E-state index is 11.6. The summed E-state index contributed by atoms with van der Waals surface area (Å²) in [5, 5.41) is 0. The molecule has 0 aromatic carbocycles. The van der Waals surface area contributed by atoms with Gasteiger partial charge in [-0.15, -0.1) is 0 Å². The molecule has 3 heteroatoms. The first-order valence-corrected chi connectivity index (χ1v) is 2.42. The van der Waals surface area contributed by atoms with Crippen LogP contribution in [0.3, 0.4) is 0 Å². The van der Waals surface area contributed by atoms with Gasteiger partial charge in [0.2, 0.25) is 0 Å². The Kier molecular flexibility index (Phi) is 4.90. The van der Waals surface area contributed by atoms with Gasteiger partial charge in [0.25, 0.3) is 0 Å². The topological polar surface area (TPSA) is 18.5 Å². The van der Waals surface area contributed by atoms with Crippen molar-refractivity contribution in [3.8, 4) is 0 Å². The molecular weight excluding hydrogens is 111 g/mol. The molecule has 0 bridgehead atoms. The van der Waals surface area contributed by atoms with Crippen LogP contribution in [0.15, 0.2) is 0 Å². The van der Waals surface area contributed by atoms with Gasteiger partial charge in [-0.05, 0) is 0 Å². The maximum Gasteiger partial charge on any atom is 0.118 e. The van der Waals surface area contributed by atoms with Crippen LogP contribution in [0.1, 0.15) is 0 Å². The van der Waals surface area contributed by atoms with Gasteiger partial charge in [-0.3, -0.25) is 0 Å². The molecule has 0 heterocycles. The molecule has 8 heavy (non-hydrogen) atoms. The summed E-state index contributed by atoms with van der Waals surface area (Å²) < 4.78 is 20.9. The third kappa shape index (κ3) is 2.93. The van der Waals surface area contributed by atoms with Crippen molar-refractivity contribution in [1.29, 1.82) is 0 Å². The van der Waals surface area contributed by atoms with Crippen LogP contribution in [0.4, 0.5) is 4.39 Å². The van der Waals surface area contributed by atoms with Gasteiger partial charge in [0.05, 0.1) is 6.61 Å². The first kappa shape index (κ1) is 7.85. The molecule has 0 radical (unpaired) electrons. The van der Waals surface area contributed by atoms with E-state index in [1.807, 2.05) is 0 Å². The van der Waals surface area contributed by atoms with Crippen molar-refractivity contribution in [3.05, 3.63) is 0 Å². The normalized spacial score (nSPS) is 13.9. The molecule has 0 aliphatic heterocycles. The molecule has 0 rings (SSSR count). The lowest BCUT2D eigenvalue weighted by atomic mass is 10.4. The van der Waals surface area contributed by atoms with Crippen molar-refractivity contribution in [2.75, 3.05) is 27.5 Å². The Morgan fingerprint density at radius 1 is 1.50 bits per heavy atom. The Balaban J connectivity index is 3.07. The third-order valence-electron chi connectivity index (χ3n) is 0.858. The molecule has 0 aromatic rings. The highest BCUT2D eigenvalue weighted by atomic mass is 19.1. The van der Waals surface area contributed by atoms with Crippen molar-refractivity contribution in [2.45, 2.75) is 6.10 Å². The minimum absolute atomic E-state index is 0.326. The largest absolute Gasteiger partial charge is 0.382 e. The van der Waals surface area contributed by atoms with E-state index in [4.69, 9.17) is 0 Å². The lowest BCUT2D eigenvalue weighted by Crippen LogP contribution is -2.18. The molecule has 0 aliphatic carbocycles. The number of hydrogen-bond donors (Lipinski definition) is 0. The average Bonchev–Trinajstić information content (AvgIpc) is 1.83. The second-order valence-electron chi connectivity index (χ2n) is 1.47. The van der Waals surface area contributed by atoms with Crippen LogP contribution in [-0.4, -0.2) is 33.6 Å². The Morgan fingerprint density at radius 3 is 2.25 bits per heavy atom. The van der Waals surface area contributed by atoms with Gasteiger partial charge in [-0.1, -0.05) is 0 Å². The Labute approximate surface area is 48.6 Å². The zero-order valence-electron chi connectivity index (χ0n) is 5.19. The first-order chi connectivity index (χ1) is 3.85. The van der Waals surface area contributed by atoms with Crippen molar-refractivity contribution in [1.82, 2.24) is 0 Å². The van der Waals surface area contributed by atoms with Gasteiger partial charge in [0.1, 0.15) is 12.8 Å². The van der Waals surface area contributed by atoms with Gasteiger partial charge >= 0.3 is 0 Å². The van der Waals surface area contributed by atoms with Gasteiger partial charge in [-0.25, -0.2) is 4.39 Å². The smallest absolute Gasteiger partial charge is 0.118 e. The van der Waals surface area contributed by atoms with E-state index < -0.39 is 6.67 Å². The van der Waals surface area contributed by atoms with Gasteiger partial charge < -0.3 is 9.47 Å². The van der Waals surface area contributed by atoms with Crippen LogP contribution < -0.4 is 0 Å². The van der Waals surface area contributed by atoms with E-state index in [-0.39, 0.29) is 6.10 Å². The monoisotopic (exact) mass is 122 g/mol. The first-order valence-electron chi connectivity index (χ1n) is 2.42. The molecule has 0 spiro atoms. The summed E-state index contributed by atoms with van der Waals surface area (Å²) in [6.45, 7) is -0.155. The van der Waals surface area contributed by atoms with Gasteiger partial charge in [-0.2, -0.15) is 0 Å². The molecule has 2 nitrogen and oxygen atoms in total. The standard InChI is InChI=1S/C5H11FO2/c1-7-4-5(3-6)8-2/h5H,3-4H2,1-2H3/t5-/m0/s1. The van der Waals surface area contributed by atoms with Crippen LogP contribution in [0.5, 0.6) is 0 Å². The van der Waals surface area contributed by atoms with E-state index in [1.165, 1.54) is 14.2 Å². The van der Waals surface area contributed by atoms with E-state index >= 15 is 0 Å². The highest BCUT2D eigenvalue weighted by molar-refractivity contribution is 4.50. The van der Waals surface area contributed by atoms with Crippen LogP contribution >= 0.6 is 0 Å². The zero-order chi connectivity index (χ0) is 6.41. The van der Waals surface area contributed by atoms with Crippen molar-refractivity contribution < 1.29 is 13.9 Å². The van der Waals surface area contributed by atoms with Crippen LogP contribution in [0, 0.1) is 0 Å². The highest BCUT2D eigenvalue weighted by Gasteiger charge is 2.03. The number of rotatable bonds is 4. The SMILES string of the molecule is COC[C@H](CF)OC. The summed E-state index contributed by atoms with van der Waals surface area (Å²) in [7, 11) is 2.98. The van der Waals surface area contributed by atoms with Gasteiger partial charge in [0.15, 0.2) is 0 Å². The molecule has 0 N–H and O–H groups in total. The predicted molar refractivity (Wildman–Crippen MR) is 28.6 cm³/mol. The fraction of sp³-hybridized carbons (Fsp3) is 1.00. The summed E-state index contributed by atoms with van der Waals surface area (Å²) in [4.78, 5) is 0. The molecule has 1 atom stereocenters. The highest BCUT2D eigenvalue weighted by Crippen LogP contribution is 1.89. The summed E-state index contributed by atoms with van der Waals surface area (Å²) in [6.07, 6.45) is -0.389. The van der Waals surface area contributed by atoms with Crippen LogP contribution in [0.25, 0.3) is 0 Å². The van der Waals surface area contributed by atoms with Crippen molar-refractivity contribution >= 4 is 0 Å². The fourth-order valence-electron chi connectivity index (χ4n) is 0.361. The zero-order valence-corrected chi connectivity index (χ0v) is 5.19. The number of alkyl halides is 1. The minimum atomic E-state index is -0.482. The van der Waals surface area contributed by atoms with Crippen LogP contribution in [-0.2, 0) is 9.47 Å². The molecule has 50 valence electrons. The van der Waals surface area contributed by atoms with Crippen molar-refractivity contribution in [3.63, 3.8) is 0 Å². The number of hydrogen-bond acceptors (Lipinski definition) is 2. The van der Waals surface area contributed by atoms with E-state index in [1.54, 1.807) is 0 Å². The maximum absolute atomic E-state index is 11.6. The van der Waals surface area contributed by atoms with E-state index in [9.17, 15) is 4.39 Å². The van der Waals surface area contributed by atoms with Gasteiger partial charge in [0, 0.05) is 14.2 Å². The summed E-state index contributed by atoms with van der Waals surface area (Å²) in [6, 6.07) is 0. The second-order valence-corrected chi connectivity index (χ2v) is 1.47. The second kappa shape index (κ2) is 5.00. The quantitative estimate of drug-likeness (QED) is 0.544. The molecule has 0 saturated carbocycles. The summed E-state index contributed by atoms with van der Waals surface area (Å²) >= 11 is 0. The molecule has 0 unspecified atom stereocenters. The van der Waals surface area contributed by atoms with E-state index in [2.05, 4.69) is 9.47 Å². The van der Waals surface area contributed by atoms with Crippen molar-refractivity contribution in [2.24, 2.45) is 0 Å². The molecule has 0 amide bonds. The third-order valence-corrected chi connectivity index (χ3v) is 0.858. The van der Waals surface area contributed by atoms with Crippen LogP contribution in [0.2, 0.25) is 0 Å². The molecule has 0 fully saturated rings. The fourth-order valence-corrected chi connectivity index (χ4v) is 0.361. The lowest BCUT2D eigenvalue weighted by Gasteiger charge is -2.07. The summed E-state index contributed by atoms with van der Waals surface area (Å²) in [5.74, 6) is 0.